The Kier molecular flexibility index (Phi) is 6.43. The molecular weight excluding hydrogens is 334 g/mol. The Morgan fingerprint density at radius 2 is 1.69 bits per heavy atom. The first kappa shape index (κ1) is 19.1. The molecule has 0 atom stereocenters. The van der Waals surface area contributed by atoms with E-state index in [9.17, 15) is 9.59 Å². The van der Waals surface area contributed by atoms with Crippen molar-refractivity contribution in [1.82, 2.24) is 4.90 Å². The van der Waals surface area contributed by atoms with Gasteiger partial charge >= 0.3 is 6.03 Å². The van der Waals surface area contributed by atoms with E-state index in [-0.39, 0.29) is 11.9 Å². The summed E-state index contributed by atoms with van der Waals surface area (Å²) in [5, 5.41) is 5.48. The average molecular weight is 357 g/mol. The van der Waals surface area contributed by atoms with Crippen LogP contribution in [0.15, 0.2) is 42.5 Å². The highest BCUT2D eigenvalue weighted by atomic mass is 16.5. The van der Waals surface area contributed by atoms with Crippen LogP contribution < -0.4 is 20.1 Å². The number of rotatable bonds is 6. The number of nitrogens with one attached hydrogen (secondary N) is 2. The number of anilines is 2. The van der Waals surface area contributed by atoms with Crippen molar-refractivity contribution < 1.29 is 19.1 Å². The number of methoxy groups -OCH3 is 2. The molecule has 2 aromatic carbocycles. The quantitative estimate of drug-likeness (QED) is 0.831. The highest BCUT2D eigenvalue weighted by Gasteiger charge is 2.13. The second-order valence-electron chi connectivity index (χ2n) is 5.73. The Bertz CT molecular complexity index is 775. The molecule has 2 N–H and O–H groups in total. The van der Waals surface area contributed by atoms with Crippen LogP contribution in [0.25, 0.3) is 0 Å². The average Bonchev–Trinajstić information content (AvgIpc) is 2.62. The summed E-state index contributed by atoms with van der Waals surface area (Å²) in [5.41, 5.74) is 2.03. The van der Waals surface area contributed by atoms with Gasteiger partial charge in [-0.25, -0.2) is 4.79 Å². The van der Waals surface area contributed by atoms with Gasteiger partial charge in [0.15, 0.2) is 0 Å². The fourth-order valence-electron chi connectivity index (χ4n) is 2.37. The number of hydrogen-bond donors (Lipinski definition) is 2. The molecule has 0 saturated heterocycles. The van der Waals surface area contributed by atoms with Gasteiger partial charge in [0.1, 0.15) is 11.5 Å². The Labute approximate surface area is 152 Å². The molecular formula is C19H23N3O4. The van der Waals surface area contributed by atoms with Crippen LogP contribution in [0.2, 0.25) is 0 Å². The Morgan fingerprint density at radius 1 is 1.00 bits per heavy atom. The molecule has 0 spiro atoms. The van der Waals surface area contributed by atoms with Crippen LogP contribution in [-0.2, 0) is 11.3 Å². The van der Waals surface area contributed by atoms with E-state index in [1.54, 1.807) is 37.3 Å². The largest absolute Gasteiger partial charge is 0.497 e. The van der Waals surface area contributed by atoms with Gasteiger partial charge < -0.3 is 25.0 Å². The van der Waals surface area contributed by atoms with Crippen molar-refractivity contribution >= 4 is 23.3 Å². The molecule has 0 bridgehead atoms. The standard InChI is InChI=1S/C19H23N3O4/c1-13(23)20-15-7-10-18(26-4)17(11-15)21-19(24)22(2)12-14-5-8-16(25-3)9-6-14/h5-11H,12H2,1-4H3,(H,20,23)(H,21,24). The van der Waals surface area contributed by atoms with Crippen LogP contribution >= 0.6 is 0 Å². The van der Waals surface area contributed by atoms with Crippen molar-refractivity contribution in [2.24, 2.45) is 0 Å². The van der Waals surface area contributed by atoms with Gasteiger partial charge in [0.2, 0.25) is 5.91 Å². The van der Waals surface area contributed by atoms with Gasteiger partial charge in [0, 0.05) is 26.2 Å². The second-order valence-corrected chi connectivity index (χ2v) is 5.73. The monoisotopic (exact) mass is 357 g/mol. The molecule has 0 aromatic heterocycles. The normalized spacial score (nSPS) is 10.0. The van der Waals surface area contributed by atoms with Crippen LogP contribution in [0, 0.1) is 0 Å². The molecule has 0 radical (unpaired) electrons. The first-order chi connectivity index (χ1) is 12.4. The number of hydrogen-bond acceptors (Lipinski definition) is 4. The van der Waals surface area contributed by atoms with Crippen molar-refractivity contribution in [3.05, 3.63) is 48.0 Å². The van der Waals surface area contributed by atoms with Crippen LogP contribution in [0.3, 0.4) is 0 Å². The summed E-state index contributed by atoms with van der Waals surface area (Å²) in [6, 6.07) is 12.3. The van der Waals surface area contributed by atoms with E-state index >= 15 is 0 Å². The number of nitrogens with zero attached hydrogens (tertiary/aromatic N) is 1. The molecule has 0 aliphatic rings. The summed E-state index contributed by atoms with van der Waals surface area (Å²) in [4.78, 5) is 25.2. The number of amides is 3. The molecule has 0 saturated carbocycles. The molecule has 0 heterocycles. The topological polar surface area (TPSA) is 79.9 Å². The summed E-state index contributed by atoms with van der Waals surface area (Å²) < 4.78 is 10.4. The molecule has 0 aliphatic heterocycles. The molecule has 3 amide bonds. The van der Waals surface area contributed by atoms with Crippen LogP contribution in [-0.4, -0.2) is 38.1 Å². The first-order valence-electron chi connectivity index (χ1n) is 8.03. The first-order valence-corrected chi connectivity index (χ1v) is 8.03. The summed E-state index contributed by atoms with van der Waals surface area (Å²) in [7, 11) is 4.82. The van der Waals surface area contributed by atoms with Gasteiger partial charge in [-0.3, -0.25) is 4.79 Å². The number of carbonyl (C=O) groups excluding carboxylic acids is 2. The molecule has 7 heteroatoms. The molecule has 2 rings (SSSR count). The zero-order valence-corrected chi connectivity index (χ0v) is 15.3. The predicted octanol–water partition coefficient (Wildman–Crippen LogP) is 3.33. The van der Waals surface area contributed by atoms with Crippen molar-refractivity contribution in [2.75, 3.05) is 31.9 Å². The van der Waals surface area contributed by atoms with Crippen LogP contribution in [0.5, 0.6) is 11.5 Å². The van der Waals surface area contributed by atoms with Gasteiger partial charge in [-0.2, -0.15) is 0 Å². The summed E-state index contributed by atoms with van der Waals surface area (Å²) in [6.07, 6.45) is 0. The van der Waals surface area contributed by atoms with E-state index in [4.69, 9.17) is 9.47 Å². The lowest BCUT2D eigenvalue weighted by Gasteiger charge is -2.19. The summed E-state index contributed by atoms with van der Waals surface area (Å²) >= 11 is 0. The van der Waals surface area contributed by atoms with Crippen LogP contribution in [0.4, 0.5) is 16.2 Å². The zero-order chi connectivity index (χ0) is 19.1. The minimum absolute atomic E-state index is 0.191. The van der Waals surface area contributed by atoms with Gasteiger partial charge in [0.25, 0.3) is 0 Å². The van der Waals surface area contributed by atoms with Crippen molar-refractivity contribution in [2.45, 2.75) is 13.5 Å². The smallest absolute Gasteiger partial charge is 0.321 e. The third-order valence-electron chi connectivity index (χ3n) is 3.69. The lowest BCUT2D eigenvalue weighted by atomic mass is 10.2. The number of carbonyl (C=O) groups is 2. The highest BCUT2D eigenvalue weighted by Crippen LogP contribution is 2.28. The molecule has 7 nitrogen and oxygen atoms in total. The van der Waals surface area contributed by atoms with E-state index in [1.165, 1.54) is 14.0 Å². The van der Waals surface area contributed by atoms with E-state index in [0.717, 1.165) is 11.3 Å². The van der Waals surface area contributed by atoms with E-state index < -0.39 is 0 Å². The maximum absolute atomic E-state index is 12.5. The fourth-order valence-corrected chi connectivity index (χ4v) is 2.37. The Balaban J connectivity index is 2.08. The Morgan fingerprint density at radius 3 is 2.27 bits per heavy atom. The molecule has 0 fully saturated rings. The lowest BCUT2D eigenvalue weighted by Crippen LogP contribution is -2.31. The fraction of sp³-hybridized carbons (Fsp3) is 0.263. The van der Waals surface area contributed by atoms with E-state index in [0.29, 0.717) is 23.7 Å². The number of urea groups is 1. The minimum Gasteiger partial charge on any atom is -0.497 e. The third kappa shape index (κ3) is 5.14. The number of ether oxygens (including phenoxy) is 2. The minimum atomic E-state index is -0.293. The molecule has 0 aliphatic carbocycles. The third-order valence-corrected chi connectivity index (χ3v) is 3.69. The molecule has 0 unspecified atom stereocenters. The zero-order valence-electron chi connectivity index (χ0n) is 15.3. The Hall–Kier alpha value is -3.22. The molecule has 138 valence electrons. The van der Waals surface area contributed by atoms with Crippen molar-refractivity contribution in [1.29, 1.82) is 0 Å². The van der Waals surface area contributed by atoms with Crippen molar-refractivity contribution in [3.8, 4) is 11.5 Å². The molecule has 26 heavy (non-hydrogen) atoms. The van der Waals surface area contributed by atoms with Gasteiger partial charge in [-0.15, -0.1) is 0 Å². The van der Waals surface area contributed by atoms with Crippen molar-refractivity contribution in [3.63, 3.8) is 0 Å². The SMILES string of the molecule is COc1ccc(CN(C)C(=O)Nc2cc(NC(C)=O)ccc2OC)cc1. The van der Waals surface area contributed by atoms with E-state index in [1.807, 2.05) is 24.3 Å². The van der Waals surface area contributed by atoms with Gasteiger partial charge in [0.05, 0.1) is 19.9 Å². The number of benzene rings is 2. The highest BCUT2D eigenvalue weighted by molar-refractivity contribution is 5.94. The maximum atomic E-state index is 12.5. The molecule has 2 aromatic rings. The lowest BCUT2D eigenvalue weighted by molar-refractivity contribution is -0.114. The van der Waals surface area contributed by atoms with Gasteiger partial charge in [-0.05, 0) is 35.9 Å². The van der Waals surface area contributed by atoms with E-state index in [2.05, 4.69) is 10.6 Å². The summed E-state index contributed by atoms with van der Waals surface area (Å²) in [6.45, 7) is 1.86. The van der Waals surface area contributed by atoms with Gasteiger partial charge in [-0.1, -0.05) is 12.1 Å². The predicted molar refractivity (Wildman–Crippen MR) is 101 cm³/mol. The maximum Gasteiger partial charge on any atom is 0.321 e. The van der Waals surface area contributed by atoms with Crippen LogP contribution in [0.1, 0.15) is 12.5 Å². The second kappa shape index (κ2) is 8.75. The summed E-state index contributed by atoms with van der Waals surface area (Å²) in [5.74, 6) is 1.08.